The lowest BCUT2D eigenvalue weighted by Crippen LogP contribution is -1.98. The first kappa shape index (κ1) is 11.7. The van der Waals surface area contributed by atoms with Crippen LogP contribution in [0.3, 0.4) is 0 Å². The van der Waals surface area contributed by atoms with E-state index in [9.17, 15) is 18.0 Å². The van der Waals surface area contributed by atoms with Gasteiger partial charge < -0.3 is 0 Å². The molecule has 0 aliphatic rings. The van der Waals surface area contributed by atoms with Gasteiger partial charge in [-0.05, 0) is 35.9 Å². The Balaban J connectivity index is 2.88. The average Bonchev–Trinajstić information content (AvgIpc) is 2.12. The highest BCUT2D eigenvalue weighted by atomic mass is 32.2. The quantitative estimate of drug-likeness (QED) is 0.419. The second-order valence-corrected chi connectivity index (χ2v) is 3.60. The smallest absolute Gasteiger partial charge is 0.289 e. The van der Waals surface area contributed by atoms with E-state index in [2.05, 4.69) is 11.8 Å². The molecule has 1 aromatic carbocycles. The first-order chi connectivity index (χ1) is 7.01. The summed E-state index contributed by atoms with van der Waals surface area (Å²) in [5.74, 6) is 4.56. The summed E-state index contributed by atoms with van der Waals surface area (Å²) in [5.41, 5.74) is -3.92. The van der Waals surface area contributed by atoms with E-state index in [1.54, 1.807) is 0 Å². The van der Waals surface area contributed by atoms with Crippen LogP contribution in [0.2, 0.25) is 0 Å². The topological polar surface area (TPSA) is 17.1 Å². The Morgan fingerprint density at radius 2 is 2.07 bits per heavy atom. The Morgan fingerprint density at radius 1 is 1.33 bits per heavy atom. The van der Waals surface area contributed by atoms with Crippen molar-refractivity contribution in [1.82, 2.24) is 0 Å². The maximum absolute atomic E-state index is 12.0. The van der Waals surface area contributed by atoms with E-state index < -0.39 is 5.51 Å². The summed E-state index contributed by atoms with van der Waals surface area (Å²) in [6.45, 7) is 0. The summed E-state index contributed by atoms with van der Waals surface area (Å²) >= 11 is -0.208. The first-order valence-electron chi connectivity index (χ1n) is 3.82. The predicted molar refractivity (Wildman–Crippen MR) is 51.3 cm³/mol. The highest BCUT2D eigenvalue weighted by molar-refractivity contribution is 8.00. The van der Waals surface area contributed by atoms with Crippen molar-refractivity contribution in [2.24, 2.45) is 0 Å². The monoisotopic (exact) mass is 230 g/mol. The molecular weight excluding hydrogens is 225 g/mol. The van der Waals surface area contributed by atoms with Crippen LogP contribution in [-0.4, -0.2) is 11.8 Å². The molecule has 15 heavy (non-hydrogen) atoms. The maximum atomic E-state index is 12.0. The molecule has 0 saturated carbocycles. The molecule has 0 aliphatic heterocycles. The van der Waals surface area contributed by atoms with Gasteiger partial charge in [-0.2, -0.15) is 13.2 Å². The Bertz CT molecular complexity index is 415. The van der Waals surface area contributed by atoms with Crippen LogP contribution in [0.1, 0.15) is 5.56 Å². The van der Waals surface area contributed by atoms with Gasteiger partial charge in [-0.3, -0.25) is 4.79 Å². The molecule has 0 N–H and O–H groups in total. The van der Waals surface area contributed by atoms with Crippen molar-refractivity contribution in [3.63, 3.8) is 0 Å². The Kier molecular flexibility index (Phi) is 3.81. The molecule has 0 amide bonds. The number of carbonyl (C=O) groups excluding carboxylic acids is 1. The van der Waals surface area contributed by atoms with Gasteiger partial charge in [0.2, 0.25) is 0 Å². The lowest BCUT2D eigenvalue weighted by molar-refractivity contribution is -0.103. The number of alkyl halides is 3. The molecule has 0 heterocycles. The molecule has 0 unspecified atom stereocenters. The van der Waals surface area contributed by atoms with Crippen LogP contribution >= 0.6 is 11.8 Å². The SMILES string of the molecule is O=CC#Cc1cccc(SC(F)(F)F)c1. The minimum atomic E-state index is -4.31. The molecule has 5 heteroatoms. The van der Waals surface area contributed by atoms with E-state index in [0.717, 1.165) is 0 Å². The second kappa shape index (κ2) is 4.89. The van der Waals surface area contributed by atoms with Gasteiger partial charge in [-0.1, -0.05) is 12.0 Å². The fraction of sp³-hybridized carbons (Fsp3) is 0.100. The lowest BCUT2D eigenvalue weighted by atomic mass is 10.2. The fourth-order valence-electron chi connectivity index (χ4n) is 0.884. The Morgan fingerprint density at radius 3 is 2.67 bits per heavy atom. The Labute approximate surface area is 88.7 Å². The van der Waals surface area contributed by atoms with Gasteiger partial charge in [-0.15, -0.1) is 0 Å². The van der Waals surface area contributed by atoms with E-state index >= 15 is 0 Å². The van der Waals surface area contributed by atoms with E-state index in [4.69, 9.17) is 0 Å². The van der Waals surface area contributed by atoms with Crippen LogP contribution < -0.4 is 0 Å². The van der Waals surface area contributed by atoms with Crippen molar-refractivity contribution in [1.29, 1.82) is 0 Å². The third-order valence-electron chi connectivity index (χ3n) is 1.34. The van der Waals surface area contributed by atoms with Crippen molar-refractivity contribution in [3.05, 3.63) is 29.8 Å². The summed E-state index contributed by atoms with van der Waals surface area (Å²) in [6.07, 6.45) is 0.392. The summed E-state index contributed by atoms with van der Waals surface area (Å²) in [5, 5.41) is 0. The van der Waals surface area contributed by atoms with Crippen molar-refractivity contribution >= 4 is 18.0 Å². The van der Waals surface area contributed by atoms with Crippen LogP contribution in [0, 0.1) is 11.8 Å². The van der Waals surface area contributed by atoms with Gasteiger partial charge in [0.1, 0.15) is 0 Å². The van der Waals surface area contributed by atoms with Crippen molar-refractivity contribution in [2.45, 2.75) is 10.4 Å². The molecule has 0 spiro atoms. The molecule has 0 aromatic heterocycles. The van der Waals surface area contributed by atoms with Crippen LogP contribution in [0.15, 0.2) is 29.2 Å². The molecular formula is C10H5F3OS. The Hall–Kier alpha value is -1.41. The molecule has 0 saturated heterocycles. The van der Waals surface area contributed by atoms with Crippen LogP contribution in [0.4, 0.5) is 13.2 Å². The molecule has 78 valence electrons. The fourth-order valence-corrected chi connectivity index (χ4v) is 1.48. The van der Waals surface area contributed by atoms with Gasteiger partial charge >= 0.3 is 5.51 Å². The van der Waals surface area contributed by atoms with Gasteiger partial charge in [0.25, 0.3) is 0 Å². The molecule has 0 bridgehead atoms. The van der Waals surface area contributed by atoms with Crippen molar-refractivity contribution < 1.29 is 18.0 Å². The minimum Gasteiger partial charge on any atom is -0.289 e. The van der Waals surface area contributed by atoms with Crippen molar-refractivity contribution in [3.8, 4) is 11.8 Å². The number of hydrogen-bond donors (Lipinski definition) is 0. The molecule has 0 aliphatic carbocycles. The number of carbonyl (C=O) groups is 1. The number of aldehydes is 1. The number of hydrogen-bond acceptors (Lipinski definition) is 2. The first-order valence-corrected chi connectivity index (χ1v) is 4.64. The molecule has 1 rings (SSSR count). The van der Waals surface area contributed by atoms with Gasteiger partial charge in [0, 0.05) is 10.5 Å². The molecule has 0 atom stereocenters. The van der Waals surface area contributed by atoms with Gasteiger partial charge in [0.15, 0.2) is 6.29 Å². The van der Waals surface area contributed by atoms with E-state index in [-0.39, 0.29) is 16.7 Å². The van der Waals surface area contributed by atoms with E-state index in [0.29, 0.717) is 11.8 Å². The highest BCUT2D eigenvalue weighted by Gasteiger charge is 2.29. The van der Waals surface area contributed by atoms with E-state index in [1.807, 2.05) is 0 Å². The largest absolute Gasteiger partial charge is 0.446 e. The average molecular weight is 230 g/mol. The minimum absolute atomic E-state index is 0.0557. The van der Waals surface area contributed by atoms with E-state index in [1.165, 1.54) is 24.3 Å². The van der Waals surface area contributed by atoms with Crippen molar-refractivity contribution in [2.75, 3.05) is 0 Å². The van der Waals surface area contributed by atoms with Crippen LogP contribution in [0.5, 0.6) is 0 Å². The summed E-state index contributed by atoms with van der Waals surface area (Å²) in [6, 6.07) is 5.62. The number of halogens is 3. The maximum Gasteiger partial charge on any atom is 0.446 e. The molecule has 1 aromatic rings. The second-order valence-electron chi connectivity index (χ2n) is 2.46. The lowest BCUT2D eigenvalue weighted by Gasteiger charge is -2.04. The normalized spacial score (nSPS) is 10.3. The number of thioether (sulfide) groups is 1. The zero-order valence-corrected chi connectivity index (χ0v) is 8.15. The summed E-state index contributed by atoms with van der Waals surface area (Å²) in [4.78, 5) is 9.99. The number of rotatable bonds is 1. The van der Waals surface area contributed by atoms with Crippen LogP contribution in [-0.2, 0) is 4.79 Å². The standard InChI is InChI=1S/C10H5F3OS/c11-10(12,13)15-9-5-1-3-8(7-9)4-2-6-14/h1,3,5-7H. The van der Waals surface area contributed by atoms with Gasteiger partial charge in [-0.25, -0.2) is 0 Å². The molecule has 0 fully saturated rings. The summed E-state index contributed by atoms with van der Waals surface area (Å²) in [7, 11) is 0. The third kappa shape index (κ3) is 4.56. The highest BCUT2D eigenvalue weighted by Crippen LogP contribution is 2.36. The number of benzene rings is 1. The molecule has 0 radical (unpaired) electrons. The predicted octanol–water partition coefficient (Wildman–Crippen LogP) is 2.85. The van der Waals surface area contributed by atoms with Crippen LogP contribution in [0.25, 0.3) is 0 Å². The zero-order chi connectivity index (χ0) is 11.3. The third-order valence-corrected chi connectivity index (χ3v) is 2.06. The zero-order valence-electron chi connectivity index (χ0n) is 7.34. The van der Waals surface area contributed by atoms with Gasteiger partial charge in [0.05, 0.1) is 0 Å². The summed E-state index contributed by atoms with van der Waals surface area (Å²) < 4.78 is 36.0. The molecule has 1 nitrogen and oxygen atoms in total.